The van der Waals surface area contributed by atoms with Gasteiger partial charge in [-0.1, -0.05) is 0 Å². The molecular formula is C24H30N6O3. The van der Waals surface area contributed by atoms with Gasteiger partial charge in [0, 0.05) is 42.9 Å². The van der Waals surface area contributed by atoms with Gasteiger partial charge in [-0.3, -0.25) is 14.7 Å². The minimum absolute atomic E-state index is 0.0850. The zero-order chi connectivity index (χ0) is 23.8. The molecule has 0 radical (unpaired) electrons. The fraction of sp³-hybridized carbons (Fsp3) is 0.417. The number of amides is 2. The van der Waals surface area contributed by atoms with Gasteiger partial charge < -0.3 is 20.6 Å². The van der Waals surface area contributed by atoms with Crippen LogP contribution in [0.2, 0.25) is 0 Å². The van der Waals surface area contributed by atoms with Gasteiger partial charge in [-0.2, -0.15) is 5.10 Å². The number of carbonyl (C=O) groups is 2. The van der Waals surface area contributed by atoms with E-state index in [4.69, 9.17) is 0 Å². The number of hydrogen-bond donors (Lipinski definition) is 4. The Hall–Kier alpha value is -3.46. The molecule has 2 aromatic heterocycles. The number of H-pyrrole nitrogens is 1. The lowest BCUT2D eigenvalue weighted by Gasteiger charge is -2.36. The van der Waals surface area contributed by atoms with E-state index < -0.39 is 0 Å². The van der Waals surface area contributed by atoms with Crippen LogP contribution in [-0.2, 0) is 4.79 Å². The third-order valence-electron chi connectivity index (χ3n) is 5.64. The van der Waals surface area contributed by atoms with Crippen molar-refractivity contribution in [2.75, 3.05) is 19.6 Å². The molecule has 9 nitrogen and oxygen atoms in total. The number of hydrogen-bond acceptors (Lipinski definition) is 6. The number of pyridine rings is 1. The monoisotopic (exact) mass is 450 g/mol. The number of nitrogens with one attached hydrogen (secondary N) is 3. The molecular weight excluding hydrogens is 420 g/mol. The zero-order valence-electron chi connectivity index (χ0n) is 19.4. The first-order valence-electron chi connectivity index (χ1n) is 11.1. The number of aromatic hydroxyl groups is 1. The van der Waals surface area contributed by atoms with Gasteiger partial charge in [-0.05, 0) is 58.0 Å². The van der Waals surface area contributed by atoms with E-state index in [9.17, 15) is 14.7 Å². The highest BCUT2D eigenvalue weighted by molar-refractivity contribution is 6.07. The molecule has 1 saturated heterocycles. The second kappa shape index (κ2) is 8.82. The summed E-state index contributed by atoms with van der Waals surface area (Å²) in [5, 5.41) is 23.8. The highest BCUT2D eigenvalue weighted by Crippen LogP contribution is 2.28. The Bertz CT molecular complexity index is 1180. The third kappa shape index (κ3) is 4.98. The van der Waals surface area contributed by atoms with Crippen molar-refractivity contribution in [3.05, 3.63) is 41.6 Å². The number of aryl methyl sites for hydroxylation is 1. The van der Waals surface area contributed by atoms with Crippen LogP contribution < -0.4 is 10.6 Å². The van der Waals surface area contributed by atoms with Crippen molar-refractivity contribution in [3.63, 3.8) is 0 Å². The van der Waals surface area contributed by atoms with Crippen LogP contribution in [0.25, 0.3) is 22.3 Å². The molecule has 1 aliphatic rings. The molecule has 3 aromatic rings. The standard InChI is InChI=1S/C24H30N6O3/c1-14-21-18(12-19(26-22(21)29-28-14)15-5-7-17(31)8-6-15)23(33)30-10-9-25-13-16(30)11-20(32)27-24(2,3)4/h5-8,12,16,25,31H,9-11,13H2,1-4H3,(H,27,32)(H,26,28,29). The molecule has 2 amide bonds. The summed E-state index contributed by atoms with van der Waals surface area (Å²) in [5.41, 5.74) is 2.74. The van der Waals surface area contributed by atoms with Crippen molar-refractivity contribution >= 4 is 22.8 Å². The van der Waals surface area contributed by atoms with Gasteiger partial charge in [-0.25, -0.2) is 4.98 Å². The van der Waals surface area contributed by atoms with Crippen molar-refractivity contribution in [1.82, 2.24) is 30.7 Å². The summed E-state index contributed by atoms with van der Waals surface area (Å²) in [5.74, 6) is -0.0796. The first-order valence-corrected chi connectivity index (χ1v) is 11.1. The molecule has 174 valence electrons. The van der Waals surface area contributed by atoms with Crippen LogP contribution >= 0.6 is 0 Å². The van der Waals surface area contributed by atoms with Crippen molar-refractivity contribution in [2.24, 2.45) is 0 Å². The maximum absolute atomic E-state index is 13.8. The number of phenols is 1. The first kappa shape index (κ1) is 22.7. The normalized spacial score (nSPS) is 16.7. The number of rotatable bonds is 4. The number of phenolic OH excluding ortho intramolecular Hbond substituents is 1. The summed E-state index contributed by atoms with van der Waals surface area (Å²) >= 11 is 0. The van der Waals surface area contributed by atoms with Crippen LogP contribution in [-0.4, -0.2) is 68.2 Å². The summed E-state index contributed by atoms with van der Waals surface area (Å²) < 4.78 is 0. The van der Waals surface area contributed by atoms with Crippen molar-refractivity contribution < 1.29 is 14.7 Å². The van der Waals surface area contributed by atoms with E-state index in [2.05, 4.69) is 25.8 Å². The number of aromatic amines is 1. The minimum atomic E-state index is -0.335. The van der Waals surface area contributed by atoms with E-state index in [0.717, 1.165) is 11.3 Å². The second-order valence-corrected chi connectivity index (χ2v) is 9.51. The van der Waals surface area contributed by atoms with E-state index in [-0.39, 0.29) is 35.6 Å². The van der Waals surface area contributed by atoms with Gasteiger partial charge in [0.25, 0.3) is 5.91 Å². The number of nitrogens with zero attached hydrogens (tertiary/aromatic N) is 3. The van der Waals surface area contributed by atoms with Crippen molar-refractivity contribution in [1.29, 1.82) is 0 Å². The molecule has 1 unspecified atom stereocenters. The molecule has 9 heteroatoms. The van der Waals surface area contributed by atoms with Crippen LogP contribution in [0.1, 0.15) is 43.2 Å². The lowest BCUT2D eigenvalue weighted by molar-refractivity contribution is -0.123. The summed E-state index contributed by atoms with van der Waals surface area (Å²) in [4.78, 5) is 32.8. The van der Waals surface area contributed by atoms with Crippen molar-refractivity contribution in [2.45, 2.75) is 45.7 Å². The van der Waals surface area contributed by atoms with Gasteiger partial charge in [0.1, 0.15) is 5.75 Å². The van der Waals surface area contributed by atoms with Gasteiger partial charge in [0.2, 0.25) is 5.91 Å². The molecule has 0 saturated carbocycles. The Morgan fingerprint density at radius 2 is 1.97 bits per heavy atom. The van der Waals surface area contributed by atoms with Gasteiger partial charge >= 0.3 is 0 Å². The summed E-state index contributed by atoms with van der Waals surface area (Å²) in [7, 11) is 0. The lowest BCUT2D eigenvalue weighted by Crippen LogP contribution is -2.55. The molecule has 33 heavy (non-hydrogen) atoms. The molecule has 4 rings (SSSR count). The SMILES string of the molecule is Cc1[nH]nc2nc(-c3ccc(O)cc3)cc(C(=O)N3CCNCC3CC(=O)NC(C)(C)C)c12. The van der Waals surface area contributed by atoms with Crippen LogP contribution in [0.5, 0.6) is 5.75 Å². The number of carbonyl (C=O) groups excluding carboxylic acids is 2. The summed E-state index contributed by atoms with van der Waals surface area (Å²) in [6.45, 7) is 9.38. The van der Waals surface area contributed by atoms with Crippen LogP contribution in [0.4, 0.5) is 0 Å². The smallest absolute Gasteiger partial charge is 0.255 e. The van der Waals surface area contributed by atoms with Crippen LogP contribution in [0.3, 0.4) is 0 Å². The number of fused-ring (bicyclic) bond motifs is 1. The van der Waals surface area contributed by atoms with Gasteiger partial charge in [-0.15, -0.1) is 0 Å². The average Bonchev–Trinajstić information content (AvgIpc) is 3.13. The van der Waals surface area contributed by atoms with Crippen LogP contribution in [0.15, 0.2) is 30.3 Å². The Morgan fingerprint density at radius 1 is 1.24 bits per heavy atom. The van der Waals surface area contributed by atoms with E-state index in [0.29, 0.717) is 41.9 Å². The number of benzene rings is 1. The zero-order valence-corrected chi connectivity index (χ0v) is 19.4. The topological polar surface area (TPSA) is 123 Å². The Kier molecular flexibility index (Phi) is 6.07. The summed E-state index contributed by atoms with van der Waals surface area (Å²) in [6, 6.07) is 8.18. The van der Waals surface area contributed by atoms with E-state index in [1.54, 1.807) is 35.2 Å². The second-order valence-electron chi connectivity index (χ2n) is 9.51. The fourth-order valence-corrected chi connectivity index (χ4v) is 4.17. The highest BCUT2D eigenvalue weighted by atomic mass is 16.3. The van der Waals surface area contributed by atoms with Crippen LogP contribution in [0, 0.1) is 6.92 Å². The maximum Gasteiger partial charge on any atom is 0.255 e. The summed E-state index contributed by atoms with van der Waals surface area (Å²) in [6.07, 6.45) is 0.222. The predicted octanol–water partition coefficient (Wildman–Crippen LogP) is 2.36. The Labute approximate surface area is 192 Å². The molecule has 0 aliphatic carbocycles. The first-order chi connectivity index (χ1) is 15.6. The van der Waals surface area contributed by atoms with Gasteiger partial charge in [0.05, 0.1) is 22.7 Å². The minimum Gasteiger partial charge on any atom is -0.508 e. The van der Waals surface area contributed by atoms with E-state index >= 15 is 0 Å². The quantitative estimate of drug-likeness (QED) is 0.484. The fourth-order valence-electron chi connectivity index (χ4n) is 4.17. The molecule has 3 heterocycles. The molecule has 1 atom stereocenters. The van der Waals surface area contributed by atoms with Crippen molar-refractivity contribution in [3.8, 4) is 17.0 Å². The molecule has 1 fully saturated rings. The molecule has 1 aromatic carbocycles. The highest BCUT2D eigenvalue weighted by Gasteiger charge is 2.32. The molecule has 4 N–H and O–H groups in total. The molecule has 1 aliphatic heterocycles. The maximum atomic E-state index is 13.8. The largest absolute Gasteiger partial charge is 0.508 e. The third-order valence-corrected chi connectivity index (χ3v) is 5.64. The number of aromatic nitrogens is 3. The predicted molar refractivity (Wildman–Crippen MR) is 126 cm³/mol. The number of piperazine rings is 1. The Balaban J connectivity index is 1.70. The van der Waals surface area contributed by atoms with E-state index in [1.807, 2.05) is 27.7 Å². The lowest BCUT2D eigenvalue weighted by atomic mass is 10.0. The Morgan fingerprint density at radius 3 is 2.67 bits per heavy atom. The molecule has 0 bridgehead atoms. The van der Waals surface area contributed by atoms with Gasteiger partial charge in [0.15, 0.2) is 5.65 Å². The molecule has 0 spiro atoms. The average molecular weight is 451 g/mol. The van der Waals surface area contributed by atoms with E-state index in [1.165, 1.54) is 0 Å².